The van der Waals surface area contributed by atoms with Gasteiger partial charge < -0.3 is 10.1 Å². The molecule has 1 N–H and O–H groups in total. The Balaban J connectivity index is 1.71. The van der Waals surface area contributed by atoms with Crippen LogP contribution in [-0.2, 0) is 11.3 Å². The fraction of sp³-hybridized carbons (Fsp3) is 0.310. The topological polar surface area (TPSA) is 55.6 Å². The van der Waals surface area contributed by atoms with Crippen LogP contribution < -0.4 is 10.1 Å². The number of esters is 1. The Morgan fingerprint density at radius 1 is 1.06 bits per heavy atom. The molecule has 0 amide bonds. The summed E-state index contributed by atoms with van der Waals surface area (Å²) in [5.74, 6) is 1.17. The molecule has 0 fully saturated rings. The summed E-state index contributed by atoms with van der Waals surface area (Å²) in [6.07, 6.45) is 5.75. The lowest BCUT2D eigenvalue weighted by molar-refractivity contribution is -0.139. The van der Waals surface area contributed by atoms with Crippen molar-refractivity contribution >= 4 is 17.4 Å². The lowest BCUT2D eigenvalue weighted by Gasteiger charge is -2.16. The van der Waals surface area contributed by atoms with Crippen LogP contribution in [0, 0.1) is 12.8 Å². The number of fused-ring (bicyclic) bond motifs is 1. The average Bonchev–Trinajstić information content (AvgIpc) is 3.21. The quantitative estimate of drug-likeness (QED) is 0.206. The summed E-state index contributed by atoms with van der Waals surface area (Å²) in [4.78, 5) is 17.9. The maximum absolute atomic E-state index is 13.0. The molecule has 2 aromatic heterocycles. The van der Waals surface area contributed by atoms with Crippen LogP contribution in [0.15, 0.2) is 72.9 Å². The third-order valence-electron chi connectivity index (χ3n) is 6.17. The second kappa shape index (κ2) is 11.0. The minimum absolute atomic E-state index is 0.0904. The Morgan fingerprint density at radius 3 is 2.59 bits per heavy atom. The molecule has 0 saturated carbocycles. The molecule has 0 radical (unpaired) electrons. The number of pyridine rings is 1. The standard InChI is InChI=1S/C29H33N3O2/c1-4-6-14-23(5-2)29(33)34-25-16-11-10-15-24(25)27-28(30-20-22-12-8-7-9-13-22)32-18-17-21(3)19-26(32)31-27/h7-13,15-19,23,30H,4-6,14,20H2,1-3H3. The molecule has 2 aromatic carbocycles. The highest BCUT2D eigenvalue weighted by Gasteiger charge is 2.22. The highest BCUT2D eigenvalue weighted by atomic mass is 16.5. The van der Waals surface area contributed by atoms with E-state index in [2.05, 4.69) is 47.8 Å². The Labute approximate surface area is 201 Å². The van der Waals surface area contributed by atoms with Crippen LogP contribution in [0.1, 0.15) is 50.7 Å². The van der Waals surface area contributed by atoms with Gasteiger partial charge in [-0.2, -0.15) is 0 Å². The highest BCUT2D eigenvalue weighted by Crippen LogP contribution is 2.36. The minimum atomic E-state index is -0.165. The lowest BCUT2D eigenvalue weighted by Crippen LogP contribution is -2.20. The summed E-state index contributed by atoms with van der Waals surface area (Å²) in [6, 6.07) is 22.1. The molecule has 5 nitrogen and oxygen atoms in total. The SMILES string of the molecule is CCCCC(CC)C(=O)Oc1ccccc1-c1nc2cc(C)ccn2c1NCc1ccccc1. The van der Waals surface area contributed by atoms with Crippen LogP contribution in [0.4, 0.5) is 5.82 Å². The number of carbonyl (C=O) groups is 1. The van der Waals surface area contributed by atoms with Crippen LogP contribution in [0.2, 0.25) is 0 Å². The first kappa shape index (κ1) is 23.6. The fourth-order valence-electron chi connectivity index (χ4n) is 4.17. The Morgan fingerprint density at radius 2 is 1.82 bits per heavy atom. The third kappa shape index (κ3) is 5.30. The number of rotatable bonds is 10. The molecular weight excluding hydrogens is 422 g/mol. The second-order valence-corrected chi connectivity index (χ2v) is 8.75. The van der Waals surface area contributed by atoms with Crippen molar-refractivity contribution in [3.8, 4) is 17.0 Å². The van der Waals surface area contributed by atoms with Gasteiger partial charge in [-0.3, -0.25) is 9.20 Å². The van der Waals surface area contributed by atoms with Crippen molar-refractivity contribution in [2.45, 2.75) is 53.0 Å². The highest BCUT2D eigenvalue weighted by molar-refractivity contribution is 5.83. The fourth-order valence-corrected chi connectivity index (χ4v) is 4.17. The molecule has 2 heterocycles. The number of carbonyl (C=O) groups excluding carboxylic acids is 1. The molecule has 176 valence electrons. The maximum atomic E-state index is 13.0. The van der Waals surface area contributed by atoms with Gasteiger partial charge in [-0.1, -0.05) is 69.2 Å². The van der Waals surface area contributed by atoms with Gasteiger partial charge in [0, 0.05) is 18.3 Å². The van der Waals surface area contributed by atoms with Crippen molar-refractivity contribution in [3.63, 3.8) is 0 Å². The molecule has 0 bridgehead atoms. The van der Waals surface area contributed by atoms with Gasteiger partial charge in [0.05, 0.1) is 5.92 Å². The van der Waals surface area contributed by atoms with E-state index in [1.165, 1.54) is 5.56 Å². The molecular formula is C29H33N3O2. The second-order valence-electron chi connectivity index (χ2n) is 8.75. The number of nitrogens with zero attached hydrogens (tertiary/aromatic N) is 2. The Kier molecular flexibility index (Phi) is 7.63. The molecule has 0 aliphatic heterocycles. The maximum Gasteiger partial charge on any atom is 0.314 e. The van der Waals surface area contributed by atoms with Crippen molar-refractivity contribution in [2.75, 3.05) is 5.32 Å². The number of anilines is 1. The normalized spacial score (nSPS) is 12.0. The summed E-state index contributed by atoms with van der Waals surface area (Å²) in [7, 11) is 0. The zero-order valence-electron chi connectivity index (χ0n) is 20.3. The molecule has 4 aromatic rings. The van der Waals surface area contributed by atoms with Crippen LogP contribution in [0.5, 0.6) is 5.75 Å². The van der Waals surface area contributed by atoms with Gasteiger partial charge >= 0.3 is 5.97 Å². The predicted octanol–water partition coefficient (Wildman–Crippen LogP) is 7.04. The summed E-state index contributed by atoms with van der Waals surface area (Å²) < 4.78 is 8.03. The number of ether oxygens (including phenoxy) is 1. The van der Waals surface area contributed by atoms with Crippen LogP contribution >= 0.6 is 0 Å². The van der Waals surface area contributed by atoms with Gasteiger partial charge in [0.25, 0.3) is 0 Å². The molecule has 5 heteroatoms. The first-order chi connectivity index (χ1) is 16.6. The summed E-state index contributed by atoms with van der Waals surface area (Å²) in [5.41, 5.74) is 4.74. The van der Waals surface area contributed by atoms with Crippen LogP contribution in [-0.4, -0.2) is 15.4 Å². The van der Waals surface area contributed by atoms with E-state index in [9.17, 15) is 4.79 Å². The number of para-hydroxylation sites is 1. The van der Waals surface area contributed by atoms with E-state index >= 15 is 0 Å². The zero-order chi connectivity index (χ0) is 23.9. The smallest absolute Gasteiger partial charge is 0.314 e. The van der Waals surface area contributed by atoms with E-state index in [4.69, 9.17) is 9.72 Å². The van der Waals surface area contributed by atoms with Crippen molar-refractivity contribution in [1.82, 2.24) is 9.38 Å². The largest absolute Gasteiger partial charge is 0.426 e. The van der Waals surface area contributed by atoms with E-state index in [1.54, 1.807) is 0 Å². The van der Waals surface area contributed by atoms with E-state index in [1.807, 2.05) is 55.6 Å². The van der Waals surface area contributed by atoms with Crippen molar-refractivity contribution in [2.24, 2.45) is 5.92 Å². The Hall–Kier alpha value is -3.60. The summed E-state index contributed by atoms with van der Waals surface area (Å²) >= 11 is 0. The Bertz CT molecular complexity index is 1250. The van der Waals surface area contributed by atoms with E-state index < -0.39 is 0 Å². The number of imidazole rings is 1. The molecule has 1 atom stereocenters. The lowest BCUT2D eigenvalue weighted by atomic mass is 9.99. The van der Waals surface area contributed by atoms with E-state index in [0.29, 0.717) is 12.3 Å². The van der Waals surface area contributed by atoms with Gasteiger partial charge in [0.1, 0.15) is 22.9 Å². The molecule has 4 rings (SSSR count). The van der Waals surface area contributed by atoms with Crippen molar-refractivity contribution in [3.05, 3.63) is 84.1 Å². The summed E-state index contributed by atoms with van der Waals surface area (Å²) in [5, 5.41) is 3.57. The average molecular weight is 456 g/mol. The van der Waals surface area contributed by atoms with Crippen molar-refractivity contribution in [1.29, 1.82) is 0 Å². The van der Waals surface area contributed by atoms with Crippen LogP contribution in [0.25, 0.3) is 16.9 Å². The molecule has 0 spiro atoms. The minimum Gasteiger partial charge on any atom is -0.426 e. The number of unbranched alkanes of at least 4 members (excludes halogenated alkanes) is 1. The molecule has 34 heavy (non-hydrogen) atoms. The number of aryl methyl sites for hydroxylation is 1. The van der Waals surface area contributed by atoms with Crippen molar-refractivity contribution < 1.29 is 9.53 Å². The first-order valence-electron chi connectivity index (χ1n) is 12.2. The number of hydrogen-bond donors (Lipinski definition) is 1. The molecule has 0 aliphatic carbocycles. The monoisotopic (exact) mass is 455 g/mol. The summed E-state index contributed by atoms with van der Waals surface area (Å²) in [6.45, 7) is 6.90. The zero-order valence-corrected chi connectivity index (χ0v) is 20.3. The van der Waals surface area contributed by atoms with Gasteiger partial charge in [0.15, 0.2) is 0 Å². The predicted molar refractivity (Wildman–Crippen MR) is 138 cm³/mol. The number of nitrogens with one attached hydrogen (secondary N) is 1. The van der Waals surface area contributed by atoms with Gasteiger partial charge in [-0.05, 0) is 55.2 Å². The number of hydrogen-bond acceptors (Lipinski definition) is 4. The molecule has 0 saturated heterocycles. The van der Waals surface area contributed by atoms with Gasteiger partial charge in [-0.15, -0.1) is 0 Å². The van der Waals surface area contributed by atoms with Crippen LogP contribution in [0.3, 0.4) is 0 Å². The molecule has 0 aliphatic rings. The van der Waals surface area contributed by atoms with E-state index in [-0.39, 0.29) is 11.9 Å². The number of benzene rings is 2. The number of aromatic nitrogens is 2. The third-order valence-corrected chi connectivity index (χ3v) is 6.17. The van der Waals surface area contributed by atoms with E-state index in [0.717, 1.165) is 54.0 Å². The molecule has 1 unspecified atom stereocenters. The first-order valence-corrected chi connectivity index (χ1v) is 12.2. The van der Waals surface area contributed by atoms with Gasteiger partial charge in [-0.25, -0.2) is 4.98 Å². The van der Waals surface area contributed by atoms with Gasteiger partial charge in [0.2, 0.25) is 0 Å².